The normalized spacial score (nSPS) is 13.3. The Morgan fingerprint density at radius 3 is 2.08 bits per heavy atom. The predicted molar refractivity (Wildman–Crippen MR) is 56.1 cm³/mol. The molecule has 0 saturated carbocycles. The fourth-order valence-corrected chi connectivity index (χ4v) is 1.70. The molecule has 0 amide bonds. The van der Waals surface area contributed by atoms with Crippen molar-refractivity contribution in [1.82, 2.24) is 0 Å². The van der Waals surface area contributed by atoms with Crippen molar-refractivity contribution in [2.24, 2.45) is 11.7 Å². The molecule has 0 aromatic heterocycles. The van der Waals surface area contributed by atoms with Crippen LogP contribution in [0.5, 0.6) is 0 Å². The summed E-state index contributed by atoms with van der Waals surface area (Å²) < 4.78 is 0. The van der Waals surface area contributed by atoms with Gasteiger partial charge in [-0.1, -0.05) is 32.8 Å². The molecule has 0 aromatic carbocycles. The van der Waals surface area contributed by atoms with Gasteiger partial charge in [-0.2, -0.15) is 0 Å². The molecule has 0 saturated heterocycles. The Bertz CT molecular complexity index is 104. The van der Waals surface area contributed by atoms with Gasteiger partial charge in [0.05, 0.1) is 0 Å². The van der Waals surface area contributed by atoms with Crippen LogP contribution in [-0.4, -0.2) is 6.04 Å². The topological polar surface area (TPSA) is 26.0 Å². The molecule has 1 heteroatoms. The second-order valence-electron chi connectivity index (χ2n) is 3.53. The zero-order valence-electron chi connectivity index (χ0n) is 8.55. The molecule has 0 aliphatic rings. The van der Waals surface area contributed by atoms with Gasteiger partial charge in [0.1, 0.15) is 0 Å². The summed E-state index contributed by atoms with van der Waals surface area (Å²) >= 11 is 0. The third kappa shape index (κ3) is 4.55. The SMILES string of the molecule is C=CCC(N)C(CCC)CCC. The zero-order valence-corrected chi connectivity index (χ0v) is 8.55. The van der Waals surface area contributed by atoms with Crippen molar-refractivity contribution >= 4 is 0 Å². The lowest BCUT2D eigenvalue weighted by atomic mass is 9.89. The fraction of sp³-hybridized carbons (Fsp3) is 0.818. The van der Waals surface area contributed by atoms with E-state index in [1.165, 1.54) is 25.7 Å². The summed E-state index contributed by atoms with van der Waals surface area (Å²) in [6.45, 7) is 8.17. The van der Waals surface area contributed by atoms with E-state index in [1.807, 2.05) is 6.08 Å². The van der Waals surface area contributed by atoms with Gasteiger partial charge in [-0.15, -0.1) is 6.58 Å². The highest BCUT2D eigenvalue weighted by Crippen LogP contribution is 2.18. The molecule has 0 spiro atoms. The summed E-state index contributed by atoms with van der Waals surface area (Å²) in [7, 11) is 0. The highest BCUT2D eigenvalue weighted by atomic mass is 14.6. The molecule has 2 N–H and O–H groups in total. The van der Waals surface area contributed by atoms with Crippen LogP contribution in [0.4, 0.5) is 0 Å². The molecule has 0 aliphatic carbocycles. The minimum absolute atomic E-state index is 0.336. The molecule has 0 heterocycles. The van der Waals surface area contributed by atoms with Gasteiger partial charge < -0.3 is 5.73 Å². The van der Waals surface area contributed by atoms with Crippen molar-refractivity contribution in [3.8, 4) is 0 Å². The van der Waals surface area contributed by atoms with E-state index in [0.29, 0.717) is 12.0 Å². The summed E-state index contributed by atoms with van der Waals surface area (Å²) in [6.07, 6.45) is 7.92. The summed E-state index contributed by atoms with van der Waals surface area (Å²) in [5.41, 5.74) is 6.03. The minimum Gasteiger partial charge on any atom is -0.327 e. The molecular weight excluding hydrogens is 146 g/mol. The fourth-order valence-electron chi connectivity index (χ4n) is 1.70. The highest BCUT2D eigenvalue weighted by Gasteiger charge is 2.13. The summed E-state index contributed by atoms with van der Waals surface area (Å²) in [6, 6.07) is 0.336. The molecule has 0 bridgehead atoms. The lowest BCUT2D eigenvalue weighted by molar-refractivity contribution is 0.363. The minimum atomic E-state index is 0.336. The molecule has 12 heavy (non-hydrogen) atoms. The van der Waals surface area contributed by atoms with Crippen LogP contribution < -0.4 is 5.73 Å². The molecule has 0 radical (unpaired) electrons. The van der Waals surface area contributed by atoms with Crippen molar-refractivity contribution in [1.29, 1.82) is 0 Å². The predicted octanol–water partition coefficient (Wildman–Crippen LogP) is 3.11. The smallest absolute Gasteiger partial charge is 0.0102 e. The number of hydrogen-bond donors (Lipinski definition) is 1. The van der Waals surface area contributed by atoms with Gasteiger partial charge in [0.2, 0.25) is 0 Å². The summed E-state index contributed by atoms with van der Waals surface area (Å²) in [5.74, 6) is 0.706. The molecule has 1 unspecified atom stereocenters. The lowest BCUT2D eigenvalue weighted by Gasteiger charge is -2.21. The Kier molecular flexibility index (Phi) is 7.17. The standard InChI is InChI=1S/C11H23N/c1-4-7-10(8-5-2)11(12)9-6-3/h6,10-11H,3-5,7-9,12H2,1-2H3. The average Bonchev–Trinajstić information content (AvgIpc) is 2.04. The molecular formula is C11H23N. The third-order valence-corrected chi connectivity index (χ3v) is 2.36. The Balaban J connectivity index is 3.80. The maximum atomic E-state index is 6.03. The molecule has 0 rings (SSSR count). The van der Waals surface area contributed by atoms with Crippen LogP contribution in [0.1, 0.15) is 46.0 Å². The molecule has 1 nitrogen and oxygen atoms in total. The first kappa shape index (κ1) is 11.7. The molecule has 0 aliphatic heterocycles. The van der Waals surface area contributed by atoms with E-state index in [1.54, 1.807) is 0 Å². The number of hydrogen-bond acceptors (Lipinski definition) is 1. The van der Waals surface area contributed by atoms with Crippen LogP contribution in [0.15, 0.2) is 12.7 Å². The van der Waals surface area contributed by atoms with Gasteiger partial charge >= 0.3 is 0 Å². The van der Waals surface area contributed by atoms with Crippen molar-refractivity contribution in [2.75, 3.05) is 0 Å². The van der Waals surface area contributed by atoms with E-state index in [2.05, 4.69) is 20.4 Å². The van der Waals surface area contributed by atoms with E-state index in [9.17, 15) is 0 Å². The van der Waals surface area contributed by atoms with Gasteiger partial charge in [0.25, 0.3) is 0 Å². The van der Waals surface area contributed by atoms with E-state index >= 15 is 0 Å². The zero-order chi connectivity index (χ0) is 9.40. The molecule has 72 valence electrons. The Morgan fingerprint density at radius 1 is 1.25 bits per heavy atom. The van der Waals surface area contributed by atoms with Crippen LogP contribution in [0.2, 0.25) is 0 Å². The van der Waals surface area contributed by atoms with Crippen LogP contribution in [-0.2, 0) is 0 Å². The van der Waals surface area contributed by atoms with E-state index in [0.717, 1.165) is 6.42 Å². The van der Waals surface area contributed by atoms with Gasteiger partial charge in [-0.3, -0.25) is 0 Å². The second-order valence-corrected chi connectivity index (χ2v) is 3.53. The third-order valence-electron chi connectivity index (χ3n) is 2.36. The van der Waals surface area contributed by atoms with E-state index < -0.39 is 0 Å². The lowest BCUT2D eigenvalue weighted by Crippen LogP contribution is -2.29. The summed E-state index contributed by atoms with van der Waals surface area (Å²) in [4.78, 5) is 0. The molecule has 0 aromatic rings. The van der Waals surface area contributed by atoms with Crippen LogP contribution in [0, 0.1) is 5.92 Å². The molecule has 1 atom stereocenters. The highest BCUT2D eigenvalue weighted by molar-refractivity contribution is 4.80. The Morgan fingerprint density at radius 2 is 1.75 bits per heavy atom. The maximum Gasteiger partial charge on any atom is 0.0102 e. The van der Waals surface area contributed by atoms with Crippen molar-refractivity contribution in [3.63, 3.8) is 0 Å². The first-order valence-corrected chi connectivity index (χ1v) is 5.12. The van der Waals surface area contributed by atoms with Crippen LogP contribution >= 0.6 is 0 Å². The maximum absolute atomic E-state index is 6.03. The number of nitrogens with two attached hydrogens (primary N) is 1. The first-order valence-electron chi connectivity index (χ1n) is 5.12. The van der Waals surface area contributed by atoms with Gasteiger partial charge in [0.15, 0.2) is 0 Å². The quantitative estimate of drug-likeness (QED) is 0.582. The Labute approximate surface area is 77.0 Å². The van der Waals surface area contributed by atoms with Gasteiger partial charge in [-0.05, 0) is 25.2 Å². The van der Waals surface area contributed by atoms with Crippen molar-refractivity contribution in [3.05, 3.63) is 12.7 Å². The van der Waals surface area contributed by atoms with Crippen LogP contribution in [0.3, 0.4) is 0 Å². The van der Waals surface area contributed by atoms with Gasteiger partial charge in [0, 0.05) is 6.04 Å². The van der Waals surface area contributed by atoms with Gasteiger partial charge in [-0.25, -0.2) is 0 Å². The van der Waals surface area contributed by atoms with Crippen molar-refractivity contribution in [2.45, 2.75) is 52.0 Å². The van der Waals surface area contributed by atoms with Crippen molar-refractivity contribution < 1.29 is 0 Å². The molecule has 0 fully saturated rings. The Hall–Kier alpha value is -0.300. The summed E-state index contributed by atoms with van der Waals surface area (Å²) in [5, 5.41) is 0. The van der Waals surface area contributed by atoms with Crippen LogP contribution in [0.25, 0.3) is 0 Å². The van der Waals surface area contributed by atoms with E-state index in [-0.39, 0.29) is 0 Å². The largest absolute Gasteiger partial charge is 0.327 e. The monoisotopic (exact) mass is 169 g/mol. The second kappa shape index (κ2) is 7.35. The van der Waals surface area contributed by atoms with E-state index in [4.69, 9.17) is 5.73 Å². The number of rotatable bonds is 7. The average molecular weight is 169 g/mol. The first-order chi connectivity index (χ1) is 5.76.